The fourth-order valence-corrected chi connectivity index (χ4v) is 1.84. The number of benzene rings is 1. The summed E-state index contributed by atoms with van der Waals surface area (Å²) in [6.07, 6.45) is 1.52. The molecule has 0 aliphatic carbocycles. The van der Waals surface area contributed by atoms with Gasteiger partial charge in [-0.2, -0.15) is 0 Å². The van der Waals surface area contributed by atoms with Gasteiger partial charge in [0, 0.05) is 5.56 Å². The molecule has 86 valence electrons. The molecule has 2 aromatic rings. The van der Waals surface area contributed by atoms with E-state index in [0.717, 1.165) is 16.5 Å². The molecule has 4 heteroatoms. The van der Waals surface area contributed by atoms with Crippen LogP contribution in [0.3, 0.4) is 0 Å². The summed E-state index contributed by atoms with van der Waals surface area (Å²) in [6.45, 7) is 0.438. The van der Waals surface area contributed by atoms with Crippen molar-refractivity contribution in [1.82, 2.24) is 0 Å². The number of hydrogen-bond donors (Lipinski definition) is 2. The topological polar surface area (TPSA) is 68.6 Å². The van der Waals surface area contributed by atoms with Gasteiger partial charge in [0.25, 0.3) is 0 Å². The number of rotatable bonds is 4. The monoisotopic (exact) mass is 221 g/mol. The SMILES string of the molecule is COc1c(C(O)CCN)ccc2occc12. The fraction of sp³-hybridized carbons (Fsp3) is 0.333. The number of nitrogens with two attached hydrogens (primary N) is 1. The van der Waals surface area contributed by atoms with Crippen molar-refractivity contribution in [2.24, 2.45) is 5.73 Å². The van der Waals surface area contributed by atoms with E-state index in [9.17, 15) is 5.11 Å². The van der Waals surface area contributed by atoms with Crippen LogP contribution in [0.15, 0.2) is 28.9 Å². The van der Waals surface area contributed by atoms with E-state index in [0.29, 0.717) is 18.7 Å². The molecule has 3 N–H and O–H groups in total. The minimum Gasteiger partial charge on any atom is -0.496 e. The maximum atomic E-state index is 9.94. The van der Waals surface area contributed by atoms with Gasteiger partial charge < -0.3 is 20.0 Å². The van der Waals surface area contributed by atoms with Gasteiger partial charge in [0.1, 0.15) is 11.3 Å². The number of ether oxygens (including phenoxy) is 1. The molecule has 1 unspecified atom stereocenters. The Morgan fingerprint density at radius 1 is 1.44 bits per heavy atom. The third kappa shape index (κ3) is 1.77. The zero-order chi connectivity index (χ0) is 11.5. The molecule has 1 heterocycles. The first-order valence-electron chi connectivity index (χ1n) is 5.20. The van der Waals surface area contributed by atoms with Gasteiger partial charge in [0.2, 0.25) is 0 Å². The molecule has 4 nitrogen and oxygen atoms in total. The molecule has 0 saturated carbocycles. The lowest BCUT2D eigenvalue weighted by molar-refractivity contribution is 0.166. The van der Waals surface area contributed by atoms with Crippen LogP contribution in [0.25, 0.3) is 11.0 Å². The third-order valence-corrected chi connectivity index (χ3v) is 2.62. The van der Waals surface area contributed by atoms with Gasteiger partial charge in [-0.1, -0.05) is 0 Å². The summed E-state index contributed by atoms with van der Waals surface area (Å²) >= 11 is 0. The van der Waals surface area contributed by atoms with Crippen molar-refractivity contribution in [2.75, 3.05) is 13.7 Å². The highest BCUT2D eigenvalue weighted by Gasteiger charge is 2.16. The van der Waals surface area contributed by atoms with Crippen LogP contribution in [-0.4, -0.2) is 18.8 Å². The van der Waals surface area contributed by atoms with Crippen LogP contribution < -0.4 is 10.5 Å². The molecule has 1 atom stereocenters. The average Bonchev–Trinajstić information content (AvgIpc) is 2.75. The molecule has 2 rings (SSSR count). The van der Waals surface area contributed by atoms with Gasteiger partial charge in [0.05, 0.1) is 24.9 Å². The van der Waals surface area contributed by atoms with Crippen molar-refractivity contribution in [3.8, 4) is 5.75 Å². The first-order valence-corrected chi connectivity index (χ1v) is 5.20. The first kappa shape index (κ1) is 11.0. The van der Waals surface area contributed by atoms with Crippen molar-refractivity contribution < 1.29 is 14.3 Å². The van der Waals surface area contributed by atoms with E-state index in [1.165, 1.54) is 0 Å². The van der Waals surface area contributed by atoms with Crippen LogP contribution >= 0.6 is 0 Å². The number of fused-ring (bicyclic) bond motifs is 1. The summed E-state index contributed by atoms with van der Waals surface area (Å²) < 4.78 is 10.6. The van der Waals surface area contributed by atoms with Gasteiger partial charge in [-0.3, -0.25) is 0 Å². The summed E-state index contributed by atoms with van der Waals surface area (Å²) in [5.41, 5.74) is 6.93. The minimum atomic E-state index is -0.598. The molecule has 1 aromatic carbocycles. The highest BCUT2D eigenvalue weighted by atomic mass is 16.5. The number of furan rings is 1. The van der Waals surface area contributed by atoms with Crippen molar-refractivity contribution in [2.45, 2.75) is 12.5 Å². The van der Waals surface area contributed by atoms with Crippen molar-refractivity contribution in [3.63, 3.8) is 0 Å². The van der Waals surface area contributed by atoms with Crippen LogP contribution in [0.5, 0.6) is 5.75 Å². The second-order valence-corrected chi connectivity index (χ2v) is 3.61. The Morgan fingerprint density at radius 3 is 2.94 bits per heavy atom. The van der Waals surface area contributed by atoms with Crippen LogP contribution in [0, 0.1) is 0 Å². The fourth-order valence-electron chi connectivity index (χ4n) is 1.84. The molecular formula is C12H15NO3. The van der Waals surface area contributed by atoms with E-state index in [1.807, 2.05) is 18.2 Å². The summed E-state index contributed by atoms with van der Waals surface area (Å²) in [7, 11) is 1.58. The average molecular weight is 221 g/mol. The van der Waals surface area contributed by atoms with E-state index >= 15 is 0 Å². The number of methoxy groups -OCH3 is 1. The Kier molecular flexibility index (Phi) is 3.12. The lowest BCUT2D eigenvalue weighted by Crippen LogP contribution is -2.07. The minimum absolute atomic E-state index is 0.438. The summed E-state index contributed by atoms with van der Waals surface area (Å²) in [6, 6.07) is 5.46. The van der Waals surface area contributed by atoms with Crippen LogP contribution in [0.4, 0.5) is 0 Å². The Morgan fingerprint density at radius 2 is 2.25 bits per heavy atom. The van der Waals surface area contributed by atoms with Crippen molar-refractivity contribution in [1.29, 1.82) is 0 Å². The first-order chi connectivity index (χ1) is 7.77. The molecule has 0 aliphatic heterocycles. The Balaban J connectivity index is 2.51. The molecule has 0 spiro atoms. The third-order valence-electron chi connectivity index (χ3n) is 2.62. The van der Waals surface area contributed by atoms with Gasteiger partial charge in [-0.05, 0) is 31.2 Å². The molecule has 0 amide bonds. The molecule has 1 aromatic heterocycles. The molecule has 0 aliphatic rings. The van der Waals surface area contributed by atoms with Crippen molar-refractivity contribution in [3.05, 3.63) is 30.0 Å². The summed E-state index contributed by atoms with van der Waals surface area (Å²) in [4.78, 5) is 0. The predicted molar refractivity (Wildman–Crippen MR) is 61.4 cm³/mol. The molecule has 0 radical (unpaired) electrons. The van der Waals surface area contributed by atoms with Gasteiger partial charge >= 0.3 is 0 Å². The quantitative estimate of drug-likeness (QED) is 0.826. The normalized spacial score (nSPS) is 12.9. The van der Waals surface area contributed by atoms with E-state index in [-0.39, 0.29) is 0 Å². The Labute approximate surface area is 93.6 Å². The van der Waals surface area contributed by atoms with Crippen molar-refractivity contribution >= 4 is 11.0 Å². The van der Waals surface area contributed by atoms with Gasteiger partial charge in [-0.15, -0.1) is 0 Å². The highest BCUT2D eigenvalue weighted by Crippen LogP contribution is 2.34. The summed E-state index contributed by atoms with van der Waals surface area (Å²) in [5, 5.41) is 10.8. The number of aliphatic hydroxyl groups excluding tert-OH is 1. The van der Waals surface area contributed by atoms with Gasteiger partial charge in [0.15, 0.2) is 0 Å². The lowest BCUT2D eigenvalue weighted by atomic mass is 10.0. The molecule has 0 bridgehead atoms. The zero-order valence-electron chi connectivity index (χ0n) is 9.14. The summed E-state index contributed by atoms with van der Waals surface area (Å²) in [5.74, 6) is 0.659. The zero-order valence-corrected chi connectivity index (χ0v) is 9.14. The highest BCUT2D eigenvalue weighted by molar-refractivity contribution is 5.85. The second-order valence-electron chi connectivity index (χ2n) is 3.61. The predicted octanol–water partition coefficient (Wildman–Crippen LogP) is 1.82. The number of hydrogen-bond acceptors (Lipinski definition) is 4. The molecule has 16 heavy (non-hydrogen) atoms. The standard InChI is InChI=1S/C12H15NO3/c1-15-12-8(10(14)4-6-13)2-3-11-9(12)5-7-16-11/h2-3,5,7,10,14H,4,6,13H2,1H3. The largest absolute Gasteiger partial charge is 0.496 e. The van der Waals surface area contributed by atoms with E-state index in [2.05, 4.69) is 0 Å². The van der Waals surface area contributed by atoms with Crippen LogP contribution in [-0.2, 0) is 0 Å². The molecule has 0 saturated heterocycles. The van der Waals surface area contributed by atoms with E-state index < -0.39 is 6.10 Å². The maximum Gasteiger partial charge on any atom is 0.137 e. The van der Waals surface area contributed by atoms with E-state index in [4.69, 9.17) is 14.9 Å². The smallest absolute Gasteiger partial charge is 0.137 e. The molecule has 0 fully saturated rings. The Bertz CT molecular complexity index is 478. The maximum absolute atomic E-state index is 9.94. The number of aliphatic hydroxyl groups is 1. The van der Waals surface area contributed by atoms with Crippen LogP contribution in [0.2, 0.25) is 0 Å². The second kappa shape index (κ2) is 4.55. The van der Waals surface area contributed by atoms with E-state index in [1.54, 1.807) is 13.4 Å². The Hall–Kier alpha value is -1.52. The van der Waals surface area contributed by atoms with Gasteiger partial charge in [-0.25, -0.2) is 0 Å². The molecular weight excluding hydrogens is 206 g/mol. The van der Waals surface area contributed by atoms with Crippen LogP contribution in [0.1, 0.15) is 18.1 Å². The lowest BCUT2D eigenvalue weighted by Gasteiger charge is -2.14.